The fraction of sp³-hybridized carbons (Fsp3) is 0.316. The van der Waals surface area contributed by atoms with Crippen molar-refractivity contribution in [1.29, 1.82) is 0 Å². The first kappa shape index (κ1) is 18.4. The van der Waals surface area contributed by atoms with E-state index in [1.165, 1.54) is 11.3 Å². The van der Waals surface area contributed by atoms with Gasteiger partial charge in [-0.2, -0.15) is 4.72 Å². The smallest absolute Gasteiger partial charge is 0.325 e. The van der Waals surface area contributed by atoms with Crippen LogP contribution in [0, 0.1) is 0 Å². The van der Waals surface area contributed by atoms with Gasteiger partial charge in [0.05, 0.1) is 0 Å². The lowest BCUT2D eigenvalue weighted by atomic mass is 10.1. The Balaban J connectivity index is 1.58. The van der Waals surface area contributed by atoms with E-state index in [0.29, 0.717) is 0 Å². The highest BCUT2D eigenvalue weighted by Crippen LogP contribution is 2.52. The van der Waals surface area contributed by atoms with Crippen LogP contribution < -0.4 is 10.0 Å². The number of benzene rings is 1. The maximum absolute atomic E-state index is 12.9. The van der Waals surface area contributed by atoms with Crippen molar-refractivity contribution in [2.24, 2.45) is 0 Å². The maximum Gasteiger partial charge on any atom is 0.325 e. The number of rotatable bonds is 6. The van der Waals surface area contributed by atoms with Gasteiger partial charge in [0.25, 0.3) is 10.0 Å². The molecule has 8 heteroatoms. The van der Waals surface area contributed by atoms with E-state index in [2.05, 4.69) is 16.1 Å². The predicted octanol–water partition coefficient (Wildman–Crippen LogP) is 2.41. The summed E-state index contributed by atoms with van der Waals surface area (Å²) in [5.74, 6) is -1.50. The number of thiophene rings is 1. The van der Waals surface area contributed by atoms with Crippen LogP contribution in [-0.2, 0) is 14.8 Å². The van der Waals surface area contributed by atoms with E-state index in [1.807, 2.05) is 30.3 Å². The SMILES string of the molecule is O=C(O)[C@]1(NS(=O)(=O)c2ccc(C3=CCNCC3)s2)CC1c1ccccc1. The average Bonchev–Trinajstić information content (AvgIpc) is 3.16. The molecule has 1 aromatic heterocycles. The first-order valence-electron chi connectivity index (χ1n) is 8.75. The summed E-state index contributed by atoms with van der Waals surface area (Å²) in [6, 6.07) is 12.5. The summed E-state index contributed by atoms with van der Waals surface area (Å²) in [4.78, 5) is 12.8. The molecule has 2 atom stereocenters. The van der Waals surface area contributed by atoms with Crippen LogP contribution in [0.1, 0.15) is 29.2 Å². The maximum atomic E-state index is 12.9. The Morgan fingerprint density at radius 2 is 2.00 bits per heavy atom. The zero-order valence-corrected chi connectivity index (χ0v) is 16.1. The highest BCUT2D eigenvalue weighted by atomic mass is 32.2. The Bertz CT molecular complexity index is 998. The highest BCUT2D eigenvalue weighted by molar-refractivity contribution is 7.91. The molecule has 1 fully saturated rings. The summed E-state index contributed by atoms with van der Waals surface area (Å²) >= 11 is 1.18. The molecule has 6 nitrogen and oxygen atoms in total. The molecule has 0 radical (unpaired) electrons. The van der Waals surface area contributed by atoms with Crippen LogP contribution in [0.15, 0.2) is 52.7 Å². The van der Waals surface area contributed by atoms with Crippen molar-refractivity contribution in [3.8, 4) is 0 Å². The number of hydrogen-bond donors (Lipinski definition) is 3. The fourth-order valence-electron chi connectivity index (χ4n) is 3.52. The number of carboxylic acid groups (broad SMARTS) is 1. The number of aliphatic carboxylic acids is 1. The van der Waals surface area contributed by atoms with Gasteiger partial charge in [-0.15, -0.1) is 11.3 Å². The monoisotopic (exact) mass is 404 g/mol. The second-order valence-corrected chi connectivity index (χ2v) is 9.84. The summed E-state index contributed by atoms with van der Waals surface area (Å²) in [5.41, 5.74) is 0.481. The zero-order valence-electron chi connectivity index (χ0n) is 14.5. The highest BCUT2D eigenvalue weighted by Gasteiger charge is 2.63. The standard InChI is InChI=1S/C19H20N2O4S2/c22-18(23)19(12-15(19)13-4-2-1-3-5-13)21-27(24,25)17-7-6-16(26-17)14-8-10-20-11-9-14/h1-8,15,20-21H,9-12H2,(H,22,23)/t15?,19-/m0/s1. The molecule has 2 heterocycles. The second-order valence-electron chi connectivity index (χ2n) is 6.85. The van der Waals surface area contributed by atoms with Crippen LogP contribution in [-0.4, -0.2) is 38.1 Å². The molecule has 2 aromatic rings. The van der Waals surface area contributed by atoms with Crippen LogP contribution in [0.3, 0.4) is 0 Å². The minimum absolute atomic E-state index is 0.149. The predicted molar refractivity (Wildman–Crippen MR) is 104 cm³/mol. The first-order valence-corrected chi connectivity index (χ1v) is 11.0. The molecule has 1 aliphatic carbocycles. The van der Waals surface area contributed by atoms with Crippen molar-refractivity contribution < 1.29 is 18.3 Å². The van der Waals surface area contributed by atoms with Gasteiger partial charge in [0.1, 0.15) is 9.75 Å². The zero-order chi connectivity index (χ0) is 19.1. The molecular weight excluding hydrogens is 384 g/mol. The van der Waals surface area contributed by atoms with E-state index >= 15 is 0 Å². The van der Waals surface area contributed by atoms with Gasteiger partial charge in [0.2, 0.25) is 0 Å². The summed E-state index contributed by atoms with van der Waals surface area (Å²) in [7, 11) is -3.91. The van der Waals surface area contributed by atoms with Crippen molar-refractivity contribution in [2.75, 3.05) is 13.1 Å². The molecule has 0 spiro atoms. The van der Waals surface area contributed by atoms with E-state index in [9.17, 15) is 18.3 Å². The summed E-state index contributed by atoms with van der Waals surface area (Å²) < 4.78 is 28.4. The Hall–Kier alpha value is -2.00. The van der Waals surface area contributed by atoms with Gasteiger partial charge < -0.3 is 10.4 Å². The van der Waals surface area contributed by atoms with E-state index in [-0.39, 0.29) is 16.5 Å². The van der Waals surface area contributed by atoms with Gasteiger partial charge in [0.15, 0.2) is 0 Å². The van der Waals surface area contributed by atoms with Crippen molar-refractivity contribution in [1.82, 2.24) is 10.0 Å². The van der Waals surface area contributed by atoms with Crippen LogP contribution in [0.5, 0.6) is 0 Å². The van der Waals surface area contributed by atoms with Crippen LogP contribution in [0.25, 0.3) is 5.57 Å². The van der Waals surface area contributed by atoms with Crippen LogP contribution >= 0.6 is 11.3 Å². The van der Waals surface area contributed by atoms with Crippen LogP contribution in [0.4, 0.5) is 0 Å². The van der Waals surface area contributed by atoms with E-state index in [4.69, 9.17) is 0 Å². The largest absolute Gasteiger partial charge is 0.480 e. The summed E-state index contributed by atoms with van der Waals surface area (Å²) in [6.07, 6.45) is 3.16. The number of carbonyl (C=O) groups is 1. The molecule has 27 heavy (non-hydrogen) atoms. The molecule has 2 aliphatic rings. The third-order valence-electron chi connectivity index (χ3n) is 5.09. The lowest BCUT2D eigenvalue weighted by Crippen LogP contribution is -2.44. The Morgan fingerprint density at radius 3 is 2.67 bits per heavy atom. The number of carboxylic acids is 1. The molecule has 0 bridgehead atoms. The third-order valence-corrected chi connectivity index (χ3v) is 8.25. The molecule has 142 valence electrons. The van der Waals surface area contributed by atoms with Crippen LogP contribution in [0.2, 0.25) is 0 Å². The topological polar surface area (TPSA) is 95.5 Å². The Labute approximate surface area is 162 Å². The number of nitrogens with one attached hydrogen (secondary N) is 2. The van der Waals surface area contributed by atoms with Crippen molar-refractivity contribution in [2.45, 2.75) is 28.5 Å². The van der Waals surface area contributed by atoms with Crippen molar-refractivity contribution >= 4 is 32.9 Å². The molecule has 0 saturated heterocycles. The summed E-state index contributed by atoms with van der Waals surface area (Å²) in [5, 5.41) is 12.9. The molecule has 4 rings (SSSR count). The van der Waals surface area contributed by atoms with E-state index < -0.39 is 21.5 Å². The summed E-state index contributed by atoms with van der Waals surface area (Å²) in [6.45, 7) is 1.64. The minimum atomic E-state index is -3.91. The van der Waals surface area contributed by atoms with Gasteiger partial charge in [-0.05, 0) is 42.7 Å². The van der Waals surface area contributed by atoms with Gasteiger partial charge in [-0.3, -0.25) is 4.79 Å². The van der Waals surface area contributed by atoms with Gasteiger partial charge in [0, 0.05) is 17.3 Å². The Kier molecular flexibility index (Phi) is 4.67. The molecule has 1 aliphatic heterocycles. The van der Waals surface area contributed by atoms with Crippen molar-refractivity contribution in [3.05, 3.63) is 59.0 Å². The van der Waals surface area contributed by atoms with Gasteiger partial charge in [-0.1, -0.05) is 36.4 Å². The minimum Gasteiger partial charge on any atom is -0.480 e. The average molecular weight is 405 g/mol. The fourth-order valence-corrected chi connectivity index (χ4v) is 6.30. The first-order chi connectivity index (χ1) is 12.9. The molecule has 3 N–H and O–H groups in total. The Morgan fingerprint density at radius 1 is 1.22 bits per heavy atom. The quantitative estimate of drug-likeness (QED) is 0.687. The van der Waals surface area contributed by atoms with Gasteiger partial charge >= 0.3 is 5.97 Å². The molecule has 1 saturated carbocycles. The van der Waals surface area contributed by atoms with E-state index in [1.54, 1.807) is 12.1 Å². The second kappa shape index (κ2) is 6.87. The molecule has 0 amide bonds. The number of hydrogen-bond acceptors (Lipinski definition) is 5. The normalized spacial score (nSPS) is 25.0. The lowest BCUT2D eigenvalue weighted by molar-refractivity contribution is -0.140. The lowest BCUT2D eigenvalue weighted by Gasteiger charge is -2.15. The third kappa shape index (κ3) is 3.45. The van der Waals surface area contributed by atoms with Crippen molar-refractivity contribution in [3.63, 3.8) is 0 Å². The molecule has 1 unspecified atom stereocenters. The van der Waals surface area contributed by atoms with Gasteiger partial charge in [-0.25, -0.2) is 8.42 Å². The molecular formula is C19H20N2O4S2. The number of sulfonamides is 1. The van der Waals surface area contributed by atoms with E-state index in [0.717, 1.165) is 35.5 Å². The molecule has 1 aromatic carbocycles.